The number of fused-ring (bicyclic) bond motifs is 1. The zero-order chi connectivity index (χ0) is 27.0. The second-order valence-corrected chi connectivity index (χ2v) is 11.0. The van der Waals surface area contributed by atoms with Gasteiger partial charge in [-0.05, 0) is 62.4 Å². The summed E-state index contributed by atoms with van der Waals surface area (Å²) in [6, 6.07) is 19.0. The molecule has 1 atom stereocenters. The Morgan fingerprint density at radius 3 is 2.45 bits per heavy atom. The number of esters is 1. The van der Waals surface area contributed by atoms with Crippen LogP contribution in [0.2, 0.25) is 0 Å². The number of hydrogen-bond acceptors (Lipinski definition) is 6. The summed E-state index contributed by atoms with van der Waals surface area (Å²) >= 11 is 2.98. The van der Waals surface area contributed by atoms with E-state index in [1.165, 1.54) is 11.3 Å². The molecular weight excluding hydrogens is 514 g/mol. The minimum Gasteiger partial charge on any atom is -0.463 e. The van der Waals surface area contributed by atoms with Crippen molar-refractivity contribution in [2.24, 2.45) is 12.0 Å². The first-order valence-electron chi connectivity index (χ1n) is 12.4. The van der Waals surface area contributed by atoms with Crippen LogP contribution in [0.15, 0.2) is 80.9 Å². The fraction of sp³-hybridized carbons (Fsp3) is 0.233. The van der Waals surface area contributed by atoms with E-state index in [0.717, 1.165) is 33.0 Å². The Kier molecular flexibility index (Phi) is 7.27. The van der Waals surface area contributed by atoms with E-state index < -0.39 is 12.0 Å². The summed E-state index contributed by atoms with van der Waals surface area (Å²) in [5, 5.41) is 0. The zero-order valence-electron chi connectivity index (χ0n) is 22.0. The van der Waals surface area contributed by atoms with Crippen LogP contribution in [-0.4, -0.2) is 28.0 Å². The lowest BCUT2D eigenvalue weighted by Crippen LogP contribution is -2.40. The van der Waals surface area contributed by atoms with E-state index in [0.29, 0.717) is 20.6 Å². The van der Waals surface area contributed by atoms with Gasteiger partial charge in [-0.3, -0.25) is 9.36 Å². The number of aryl methyl sites for hydroxylation is 1. The molecule has 0 bridgehead atoms. The predicted molar refractivity (Wildman–Crippen MR) is 154 cm³/mol. The fourth-order valence-electron chi connectivity index (χ4n) is 4.71. The fourth-order valence-corrected chi connectivity index (χ4v) is 6.11. The number of carbonyl (C=O) groups excluding carboxylic acids is 1. The standard InChI is InChI=1S/C30H29N3O3S2/c1-6-36-29(35)25-26(20-10-8-7-9-11-20)31-30-33(27(25)21-12-14-23(37-5)15-13-21)28(34)24(38-30)17-22-16-18(2)32(4)19(22)3/h7-17,27H,6H2,1-5H3/b24-17+/t27-/m1/s1. The molecule has 2 aromatic heterocycles. The third-order valence-electron chi connectivity index (χ3n) is 6.91. The minimum atomic E-state index is -0.669. The summed E-state index contributed by atoms with van der Waals surface area (Å²) in [6.45, 7) is 6.09. The lowest BCUT2D eigenvalue weighted by molar-refractivity contribution is -0.138. The zero-order valence-corrected chi connectivity index (χ0v) is 23.7. The summed E-state index contributed by atoms with van der Waals surface area (Å²) in [5.74, 6) is -0.474. The van der Waals surface area contributed by atoms with Crippen molar-refractivity contribution in [1.29, 1.82) is 0 Å². The van der Waals surface area contributed by atoms with Crippen LogP contribution in [0.3, 0.4) is 0 Å². The highest BCUT2D eigenvalue weighted by molar-refractivity contribution is 7.98. The van der Waals surface area contributed by atoms with Gasteiger partial charge in [-0.15, -0.1) is 11.8 Å². The van der Waals surface area contributed by atoms with Gasteiger partial charge in [-0.25, -0.2) is 9.79 Å². The molecule has 194 valence electrons. The first-order chi connectivity index (χ1) is 18.3. The summed E-state index contributed by atoms with van der Waals surface area (Å²) in [7, 11) is 2.01. The highest BCUT2D eigenvalue weighted by atomic mass is 32.2. The molecule has 0 saturated heterocycles. The SMILES string of the molecule is CCOC(=O)C1=C(c2ccccc2)N=c2s/c(=C/c3cc(C)n(C)c3C)c(=O)n2[C@@H]1c1ccc(SC)cc1. The normalized spacial score (nSPS) is 15.4. The largest absolute Gasteiger partial charge is 0.463 e. The number of aromatic nitrogens is 2. The van der Waals surface area contributed by atoms with Crippen LogP contribution in [0.1, 0.15) is 41.0 Å². The molecule has 0 amide bonds. The summed E-state index contributed by atoms with van der Waals surface area (Å²) < 4.78 is 9.86. The Bertz CT molecular complexity index is 1730. The maximum absolute atomic E-state index is 14.0. The molecule has 2 aromatic carbocycles. The van der Waals surface area contributed by atoms with Crippen molar-refractivity contribution in [2.45, 2.75) is 31.7 Å². The molecule has 0 fully saturated rings. The third-order valence-corrected chi connectivity index (χ3v) is 8.63. The Hall–Kier alpha value is -3.62. The summed E-state index contributed by atoms with van der Waals surface area (Å²) in [4.78, 5) is 34.1. The van der Waals surface area contributed by atoms with Crippen LogP contribution in [0, 0.1) is 13.8 Å². The van der Waals surface area contributed by atoms with Gasteiger partial charge in [0.15, 0.2) is 4.80 Å². The second-order valence-electron chi connectivity index (χ2n) is 9.09. The van der Waals surface area contributed by atoms with Gasteiger partial charge >= 0.3 is 5.97 Å². The predicted octanol–water partition coefficient (Wildman–Crippen LogP) is 4.61. The van der Waals surface area contributed by atoms with E-state index in [1.807, 2.05) is 87.8 Å². The molecule has 0 radical (unpaired) electrons. The van der Waals surface area contributed by atoms with Crippen LogP contribution >= 0.6 is 23.1 Å². The first-order valence-corrected chi connectivity index (χ1v) is 14.4. The van der Waals surface area contributed by atoms with Gasteiger partial charge in [-0.2, -0.15) is 0 Å². The molecule has 1 aliphatic rings. The molecule has 0 unspecified atom stereocenters. The van der Waals surface area contributed by atoms with E-state index in [9.17, 15) is 9.59 Å². The maximum atomic E-state index is 14.0. The molecule has 0 saturated carbocycles. The van der Waals surface area contributed by atoms with Crippen LogP contribution in [-0.2, 0) is 16.6 Å². The maximum Gasteiger partial charge on any atom is 0.338 e. The first kappa shape index (κ1) is 26.0. The summed E-state index contributed by atoms with van der Waals surface area (Å²) in [6.07, 6.45) is 3.94. The summed E-state index contributed by atoms with van der Waals surface area (Å²) in [5.41, 5.74) is 5.52. The highest BCUT2D eigenvalue weighted by Crippen LogP contribution is 2.35. The van der Waals surface area contributed by atoms with E-state index in [1.54, 1.807) is 23.3 Å². The van der Waals surface area contributed by atoms with Crippen molar-refractivity contribution in [3.63, 3.8) is 0 Å². The molecule has 6 nitrogen and oxygen atoms in total. The number of carbonyl (C=O) groups is 1. The van der Waals surface area contributed by atoms with Crippen molar-refractivity contribution in [1.82, 2.24) is 9.13 Å². The molecule has 3 heterocycles. The average molecular weight is 544 g/mol. The monoisotopic (exact) mass is 543 g/mol. The van der Waals surface area contributed by atoms with Crippen molar-refractivity contribution in [2.75, 3.05) is 12.9 Å². The Balaban J connectivity index is 1.83. The topological polar surface area (TPSA) is 65.6 Å². The van der Waals surface area contributed by atoms with E-state index in [2.05, 4.69) is 10.6 Å². The van der Waals surface area contributed by atoms with Crippen LogP contribution < -0.4 is 14.9 Å². The number of benzene rings is 2. The highest BCUT2D eigenvalue weighted by Gasteiger charge is 2.35. The number of hydrogen-bond donors (Lipinski definition) is 0. The Labute approximate surface area is 229 Å². The van der Waals surface area contributed by atoms with Crippen LogP contribution in [0.25, 0.3) is 11.8 Å². The number of thiazole rings is 1. The quantitative estimate of drug-likeness (QED) is 0.263. The van der Waals surface area contributed by atoms with Gasteiger partial charge in [0, 0.05) is 28.9 Å². The van der Waals surface area contributed by atoms with Gasteiger partial charge < -0.3 is 9.30 Å². The number of rotatable bonds is 6. The van der Waals surface area contributed by atoms with Crippen molar-refractivity contribution >= 4 is 40.8 Å². The smallest absolute Gasteiger partial charge is 0.338 e. The lowest BCUT2D eigenvalue weighted by Gasteiger charge is -2.26. The van der Waals surface area contributed by atoms with Crippen molar-refractivity contribution in [3.05, 3.63) is 114 Å². The molecule has 38 heavy (non-hydrogen) atoms. The Morgan fingerprint density at radius 2 is 1.84 bits per heavy atom. The van der Waals surface area contributed by atoms with Gasteiger partial charge in [-0.1, -0.05) is 53.8 Å². The molecule has 0 N–H and O–H groups in total. The van der Waals surface area contributed by atoms with E-state index >= 15 is 0 Å². The Morgan fingerprint density at radius 1 is 1.13 bits per heavy atom. The third kappa shape index (κ3) is 4.59. The van der Waals surface area contributed by atoms with E-state index in [4.69, 9.17) is 9.73 Å². The van der Waals surface area contributed by atoms with Crippen LogP contribution in [0.5, 0.6) is 0 Å². The van der Waals surface area contributed by atoms with E-state index in [-0.39, 0.29) is 12.2 Å². The van der Waals surface area contributed by atoms with Gasteiger partial charge in [0.1, 0.15) is 0 Å². The van der Waals surface area contributed by atoms with Gasteiger partial charge in [0.05, 0.1) is 28.5 Å². The number of nitrogens with zero attached hydrogens (tertiary/aromatic N) is 3. The average Bonchev–Trinajstić information content (AvgIpc) is 3.38. The minimum absolute atomic E-state index is 0.178. The van der Waals surface area contributed by atoms with Crippen molar-refractivity contribution < 1.29 is 9.53 Å². The lowest BCUT2D eigenvalue weighted by atomic mass is 9.93. The second kappa shape index (κ2) is 10.6. The van der Waals surface area contributed by atoms with Crippen LogP contribution in [0.4, 0.5) is 0 Å². The molecule has 1 aliphatic heterocycles. The van der Waals surface area contributed by atoms with Crippen molar-refractivity contribution in [3.8, 4) is 0 Å². The molecule has 8 heteroatoms. The molecule has 0 aliphatic carbocycles. The number of ether oxygens (including phenoxy) is 1. The molecule has 5 rings (SSSR count). The molecular formula is C30H29N3O3S2. The number of thioether (sulfide) groups is 1. The molecule has 0 spiro atoms. The molecule has 4 aromatic rings. The van der Waals surface area contributed by atoms with Gasteiger partial charge in [0.2, 0.25) is 0 Å². The van der Waals surface area contributed by atoms with Gasteiger partial charge in [0.25, 0.3) is 5.56 Å².